The van der Waals surface area contributed by atoms with E-state index < -0.39 is 47.7 Å². The van der Waals surface area contributed by atoms with Gasteiger partial charge in [-0.1, -0.05) is 65.0 Å². The first-order chi connectivity index (χ1) is 28.5. The number of aliphatic hydroxyl groups is 2. The van der Waals surface area contributed by atoms with Gasteiger partial charge in [-0.15, -0.1) is 0 Å². The van der Waals surface area contributed by atoms with Crippen molar-refractivity contribution >= 4 is 5.97 Å². The number of fused-ring (bicyclic) bond motifs is 5. The molecule has 8 fully saturated rings. The van der Waals surface area contributed by atoms with Gasteiger partial charge in [-0.3, -0.25) is 0 Å². The highest BCUT2D eigenvalue weighted by atomic mass is 16.8. The summed E-state index contributed by atoms with van der Waals surface area (Å²) in [6, 6.07) is 0. The molecule has 0 aromatic rings. The molecule has 2 bridgehead atoms. The summed E-state index contributed by atoms with van der Waals surface area (Å²) in [5, 5.41) is 34.7. The topological polar surface area (TPSA) is 154 Å². The van der Waals surface area contributed by atoms with Gasteiger partial charge in [0.05, 0.1) is 48.8 Å². The first kappa shape index (κ1) is 43.5. The van der Waals surface area contributed by atoms with Crippen LogP contribution in [0.2, 0.25) is 0 Å². The Bertz CT molecular complexity index is 1690. The number of carboxylic acid groups (broad SMARTS) is 1. The highest BCUT2D eigenvalue weighted by molar-refractivity contribution is 5.72. The molecule has 0 aromatic heterocycles. The Labute approximate surface area is 357 Å². The predicted molar refractivity (Wildman–Crippen MR) is 222 cm³/mol. The molecule has 1 aliphatic carbocycles. The number of hydrogen-bond donors (Lipinski definition) is 4. The minimum atomic E-state index is -1.45. The first-order valence-electron chi connectivity index (χ1n) is 23.6. The molecule has 0 amide bonds. The standard InChI is InChI=1S/C48H73NO11/c1-26-16-33(9-8-10-35(50)44(52)53)56-46(20-26)13-14-48(60-46)32(7)18-38-39(59-48)19-40(54-38)42(51)36-12-11-29(4)43(55-36)30(5)22-47-21-27(2)17-37(57-47)34-23-45(24-41(34)58-47)31(6)15-28(3)25-49-45/h8-9,16,27-29,31-43,49-51H,5,10-15,17-25H2,1-4,6-7H3,(H,52,53)/b9-8+/t27-,28+,29-,31-,32+,33+,34-,35-,36?,37+,38+,39+,40?,41+,42+,43-,45+,46+,47+,48+/m0/s1. The van der Waals surface area contributed by atoms with Gasteiger partial charge in [0.1, 0.15) is 6.10 Å². The van der Waals surface area contributed by atoms with E-state index in [1.54, 1.807) is 12.2 Å². The van der Waals surface area contributed by atoms with Gasteiger partial charge >= 0.3 is 5.97 Å². The van der Waals surface area contributed by atoms with E-state index >= 15 is 0 Å². The number of carboxylic acids is 1. The molecule has 7 saturated heterocycles. The zero-order valence-electron chi connectivity index (χ0n) is 36.9. The maximum absolute atomic E-state index is 12.0. The van der Waals surface area contributed by atoms with E-state index in [0.717, 1.165) is 62.6 Å². The second-order valence-electron chi connectivity index (χ2n) is 21.5. The van der Waals surface area contributed by atoms with Gasteiger partial charge in [-0.2, -0.15) is 0 Å². The summed E-state index contributed by atoms with van der Waals surface area (Å²) in [5.41, 5.74) is 2.25. The van der Waals surface area contributed by atoms with Crippen molar-refractivity contribution in [1.82, 2.24) is 5.32 Å². The number of carbonyl (C=O) groups is 1. The Morgan fingerprint density at radius 2 is 1.68 bits per heavy atom. The van der Waals surface area contributed by atoms with Crippen LogP contribution in [0.5, 0.6) is 0 Å². The van der Waals surface area contributed by atoms with Crippen LogP contribution in [0.25, 0.3) is 0 Å². The maximum atomic E-state index is 12.0. The SMILES string of the molecule is C=C(C[C@]12C[C@@H](C)C[C@@H](O1)[C@@H]1C[C@]3(C[C@H]1O2)NC[C@H](C)C[C@@H]3C)[C@H]1OC([C@@H](O)C2C[C@H]3O[C@@]4(CC[C@]5(CC(C)=C[C@@H](/C=C/C[C@H](O)C(=O)O)O5)O4)[C@H](C)C[C@H]3O2)CC[C@@H]1C. The predicted octanol–water partition coefficient (Wildman–Crippen LogP) is 6.71. The van der Waals surface area contributed by atoms with Crippen molar-refractivity contribution in [3.8, 4) is 0 Å². The smallest absolute Gasteiger partial charge is 0.332 e. The van der Waals surface area contributed by atoms with Crippen LogP contribution in [0.1, 0.15) is 131 Å². The molecule has 12 nitrogen and oxygen atoms in total. The molecule has 20 atom stereocenters. The van der Waals surface area contributed by atoms with Crippen LogP contribution in [0.3, 0.4) is 0 Å². The van der Waals surface area contributed by atoms with E-state index in [1.165, 1.54) is 6.42 Å². The van der Waals surface area contributed by atoms with Crippen molar-refractivity contribution in [2.75, 3.05) is 6.54 Å². The number of nitrogens with one attached hydrogen (secondary N) is 1. The Kier molecular flexibility index (Phi) is 11.9. The van der Waals surface area contributed by atoms with Crippen molar-refractivity contribution in [3.63, 3.8) is 0 Å². The molecule has 8 aliphatic heterocycles. The van der Waals surface area contributed by atoms with Crippen LogP contribution in [0.15, 0.2) is 36.0 Å². The molecule has 8 heterocycles. The molecule has 9 aliphatic rings. The van der Waals surface area contributed by atoms with Crippen molar-refractivity contribution in [2.24, 2.45) is 35.5 Å². The molecule has 60 heavy (non-hydrogen) atoms. The summed E-state index contributed by atoms with van der Waals surface area (Å²) in [6.07, 6.45) is 12.6. The lowest BCUT2D eigenvalue weighted by atomic mass is 9.74. The van der Waals surface area contributed by atoms with E-state index in [4.69, 9.17) is 38.3 Å². The molecular formula is C48H73NO11. The number of aliphatic carboxylic acids is 1. The fourth-order valence-corrected chi connectivity index (χ4v) is 13.5. The third-order valence-electron chi connectivity index (χ3n) is 16.5. The van der Waals surface area contributed by atoms with E-state index in [-0.39, 0.29) is 60.4 Å². The van der Waals surface area contributed by atoms with Crippen LogP contribution in [0, 0.1) is 35.5 Å². The van der Waals surface area contributed by atoms with Crippen LogP contribution in [-0.4, -0.2) is 112 Å². The third kappa shape index (κ3) is 8.15. The first-order valence-corrected chi connectivity index (χ1v) is 23.6. The zero-order chi connectivity index (χ0) is 42.4. The lowest BCUT2D eigenvalue weighted by Gasteiger charge is -2.53. The van der Waals surface area contributed by atoms with E-state index in [9.17, 15) is 15.0 Å². The fourth-order valence-electron chi connectivity index (χ4n) is 13.5. The molecular weight excluding hydrogens is 767 g/mol. The quantitative estimate of drug-likeness (QED) is 0.183. The molecule has 2 unspecified atom stereocenters. The lowest BCUT2D eigenvalue weighted by Crippen LogP contribution is -2.57. The fraction of sp³-hybridized carbons (Fsp3) is 0.854. The molecule has 1 saturated carbocycles. The monoisotopic (exact) mass is 840 g/mol. The summed E-state index contributed by atoms with van der Waals surface area (Å²) in [7, 11) is 0. The number of hydrogen-bond acceptors (Lipinski definition) is 11. The summed E-state index contributed by atoms with van der Waals surface area (Å²) >= 11 is 0. The third-order valence-corrected chi connectivity index (χ3v) is 16.5. The van der Waals surface area contributed by atoms with Gasteiger partial charge < -0.3 is 53.8 Å². The Hall–Kier alpha value is -1.71. The number of ether oxygens (including phenoxy) is 7. The summed E-state index contributed by atoms with van der Waals surface area (Å²) < 4.78 is 48.0. The van der Waals surface area contributed by atoms with Gasteiger partial charge in [0.15, 0.2) is 23.5 Å². The zero-order valence-corrected chi connectivity index (χ0v) is 36.9. The minimum Gasteiger partial charge on any atom is -0.479 e. The molecule has 0 radical (unpaired) electrons. The highest BCUT2D eigenvalue weighted by Gasteiger charge is 2.62. The largest absolute Gasteiger partial charge is 0.479 e. The van der Waals surface area contributed by atoms with Crippen molar-refractivity contribution in [3.05, 3.63) is 36.0 Å². The van der Waals surface area contributed by atoms with Crippen molar-refractivity contribution in [2.45, 2.75) is 215 Å². The normalized spacial score (nSPS) is 51.1. The second kappa shape index (κ2) is 16.4. The van der Waals surface area contributed by atoms with Gasteiger partial charge in [-0.05, 0) is 87.7 Å². The number of aliphatic hydroxyl groups excluding tert-OH is 2. The number of piperidine rings is 1. The van der Waals surface area contributed by atoms with E-state index in [1.807, 2.05) is 6.08 Å². The summed E-state index contributed by atoms with van der Waals surface area (Å²) in [6.45, 7) is 19.3. The molecule has 4 N–H and O–H groups in total. The van der Waals surface area contributed by atoms with Gasteiger partial charge in [0.2, 0.25) is 0 Å². The van der Waals surface area contributed by atoms with Crippen LogP contribution in [-0.2, 0) is 38.0 Å². The lowest BCUT2D eigenvalue weighted by molar-refractivity contribution is -0.366. The Balaban J connectivity index is 0.817. The summed E-state index contributed by atoms with van der Waals surface area (Å²) in [5.74, 6) is -1.13. The molecule has 9 rings (SSSR count). The average molecular weight is 840 g/mol. The summed E-state index contributed by atoms with van der Waals surface area (Å²) in [4.78, 5) is 11.1. The highest BCUT2D eigenvalue weighted by Crippen LogP contribution is 2.57. The second-order valence-corrected chi connectivity index (χ2v) is 21.5. The van der Waals surface area contributed by atoms with E-state index in [2.05, 4.69) is 53.4 Å². The van der Waals surface area contributed by atoms with Crippen LogP contribution < -0.4 is 5.32 Å². The van der Waals surface area contributed by atoms with Crippen molar-refractivity contribution in [1.29, 1.82) is 0 Å². The molecule has 12 heteroatoms. The molecule has 0 aromatic carbocycles. The van der Waals surface area contributed by atoms with E-state index in [0.29, 0.717) is 55.8 Å². The minimum absolute atomic E-state index is 0.000720. The average Bonchev–Trinajstić information content (AvgIpc) is 3.87. The van der Waals surface area contributed by atoms with Gasteiger partial charge in [0, 0.05) is 62.3 Å². The number of rotatable bonds is 9. The van der Waals surface area contributed by atoms with Gasteiger partial charge in [0.25, 0.3) is 0 Å². The molecule has 3 spiro atoms. The Morgan fingerprint density at radius 3 is 2.47 bits per heavy atom. The van der Waals surface area contributed by atoms with Gasteiger partial charge in [-0.25, -0.2) is 4.79 Å². The molecule has 336 valence electrons. The van der Waals surface area contributed by atoms with Crippen molar-refractivity contribution < 1.29 is 53.3 Å². The van der Waals surface area contributed by atoms with Crippen LogP contribution >= 0.6 is 0 Å². The maximum Gasteiger partial charge on any atom is 0.332 e. The Morgan fingerprint density at radius 1 is 0.883 bits per heavy atom. The van der Waals surface area contributed by atoms with Crippen LogP contribution in [0.4, 0.5) is 0 Å².